The summed E-state index contributed by atoms with van der Waals surface area (Å²) in [5.74, 6) is 1.74. The Bertz CT molecular complexity index is 3080. The number of aromatic nitrogens is 5. The summed E-state index contributed by atoms with van der Waals surface area (Å²) in [5.41, 5.74) is 8.77. The van der Waals surface area contributed by atoms with Crippen molar-refractivity contribution in [3.05, 3.63) is 164 Å². The highest BCUT2D eigenvalue weighted by atomic mass is 16.3. The Kier molecular flexibility index (Phi) is 5.86. The maximum Gasteiger partial charge on any atom is 0.238 e. The Hall–Kier alpha value is -7.05. The number of para-hydroxylation sites is 4. The molecule has 238 valence electrons. The van der Waals surface area contributed by atoms with Crippen LogP contribution < -0.4 is 0 Å². The van der Waals surface area contributed by atoms with E-state index in [1.54, 1.807) is 0 Å². The lowest BCUT2D eigenvalue weighted by Crippen LogP contribution is -2.06. The molecular weight excluding hydrogens is 627 g/mol. The summed E-state index contributed by atoms with van der Waals surface area (Å²) in [7, 11) is 0. The molecule has 4 aromatic heterocycles. The maximum atomic E-state index is 6.65. The van der Waals surface area contributed by atoms with Gasteiger partial charge in [-0.3, -0.25) is 4.57 Å². The van der Waals surface area contributed by atoms with E-state index in [1.807, 2.05) is 42.5 Å². The topological polar surface area (TPSA) is 61.7 Å². The van der Waals surface area contributed by atoms with Crippen LogP contribution in [0, 0.1) is 0 Å². The van der Waals surface area contributed by atoms with Crippen LogP contribution in [-0.2, 0) is 0 Å². The van der Waals surface area contributed by atoms with Gasteiger partial charge in [0.05, 0.1) is 27.5 Å². The SMILES string of the molecule is c1ccc(-c2nc(-c3cccc4oc5ccc6c7ccccc7n(-c7ccccc7)c6c5c34)nc(-n3c4ccccc4c4ccccc43)n2)cc1. The third-order valence-electron chi connectivity index (χ3n) is 9.99. The number of fused-ring (bicyclic) bond motifs is 10. The van der Waals surface area contributed by atoms with E-state index in [2.05, 4.69) is 130 Å². The van der Waals surface area contributed by atoms with Crippen LogP contribution in [0.5, 0.6) is 0 Å². The van der Waals surface area contributed by atoms with Crippen molar-refractivity contribution < 1.29 is 4.42 Å². The van der Waals surface area contributed by atoms with Crippen molar-refractivity contribution in [3.8, 4) is 34.4 Å². The van der Waals surface area contributed by atoms with Crippen molar-refractivity contribution in [2.45, 2.75) is 0 Å². The molecule has 11 aromatic rings. The van der Waals surface area contributed by atoms with Crippen molar-refractivity contribution in [1.29, 1.82) is 0 Å². The second kappa shape index (κ2) is 10.7. The van der Waals surface area contributed by atoms with E-state index in [-0.39, 0.29) is 0 Å². The summed E-state index contributed by atoms with van der Waals surface area (Å²) >= 11 is 0. The first-order chi connectivity index (χ1) is 25.3. The van der Waals surface area contributed by atoms with Crippen LogP contribution in [0.3, 0.4) is 0 Å². The molecule has 0 spiro atoms. The zero-order valence-corrected chi connectivity index (χ0v) is 27.2. The Balaban J connectivity index is 1.27. The van der Waals surface area contributed by atoms with Crippen molar-refractivity contribution in [3.63, 3.8) is 0 Å². The number of benzene rings is 7. The first-order valence-corrected chi connectivity index (χ1v) is 17.0. The van der Waals surface area contributed by atoms with Gasteiger partial charge in [0.15, 0.2) is 11.6 Å². The minimum atomic E-state index is 0.560. The van der Waals surface area contributed by atoms with Crippen molar-refractivity contribution in [2.75, 3.05) is 0 Å². The largest absolute Gasteiger partial charge is 0.456 e. The third-order valence-corrected chi connectivity index (χ3v) is 9.99. The lowest BCUT2D eigenvalue weighted by atomic mass is 10.0. The van der Waals surface area contributed by atoms with Crippen LogP contribution in [0.25, 0.3) is 100.0 Å². The summed E-state index contributed by atoms with van der Waals surface area (Å²) in [4.78, 5) is 15.7. The second-order valence-corrected chi connectivity index (χ2v) is 12.8. The molecule has 51 heavy (non-hydrogen) atoms. The smallest absolute Gasteiger partial charge is 0.238 e. The van der Waals surface area contributed by atoms with Crippen LogP contribution in [0.15, 0.2) is 168 Å². The lowest BCUT2D eigenvalue weighted by Gasteiger charge is -2.12. The predicted octanol–water partition coefficient (Wildman–Crippen LogP) is 11.3. The molecule has 0 radical (unpaired) electrons. The van der Waals surface area contributed by atoms with Crippen molar-refractivity contribution in [1.82, 2.24) is 24.1 Å². The highest BCUT2D eigenvalue weighted by molar-refractivity contribution is 6.26. The summed E-state index contributed by atoms with van der Waals surface area (Å²) in [6, 6.07) is 56.5. The first-order valence-electron chi connectivity index (χ1n) is 17.0. The van der Waals surface area contributed by atoms with Gasteiger partial charge in [-0.15, -0.1) is 0 Å². The van der Waals surface area contributed by atoms with E-state index in [0.29, 0.717) is 17.6 Å². The van der Waals surface area contributed by atoms with Gasteiger partial charge in [-0.25, -0.2) is 4.98 Å². The fourth-order valence-electron chi connectivity index (χ4n) is 7.83. The monoisotopic (exact) mass is 653 g/mol. The van der Waals surface area contributed by atoms with Crippen LogP contribution in [0.4, 0.5) is 0 Å². The molecule has 0 amide bonds. The molecule has 0 unspecified atom stereocenters. The highest BCUT2D eigenvalue weighted by Crippen LogP contribution is 2.44. The molecule has 0 atom stereocenters. The van der Waals surface area contributed by atoms with E-state index in [1.165, 1.54) is 5.39 Å². The minimum absolute atomic E-state index is 0.560. The van der Waals surface area contributed by atoms with E-state index in [4.69, 9.17) is 19.4 Å². The normalized spacial score (nSPS) is 11.9. The molecule has 4 heterocycles. The van der Waals surface area contributed by atoms with Crippen LogP contribution >= 0.6 is 0 Å². The first kappa shape index (κ1) is 27.9. The molecular formula is C45H27N5O. The molecule has 0 aliphatic carbocycles. The van der Waals surface area contributed by atoms with E-state index < -0.39 is 0 Å². The molecule has 0 bridgehead atoms. The van der Waals surface area contributed by atoms with Gasteiger partial charge in [-0.1, -0.05) is 115 Å². The predicted molar refractivity (Wildman–Crippen MR) is 207 cm³/mol. The summed E-state index contributed by atoms with van der Waals surface area (Å²) in [6.45, 7) is 0. The van der Waals surface area contributed by atoms with Gasteiger partial charge in [0.25, 0.3) is 0 Å². The Morgan fingerprint density at radius 2 is 0.961 bits per heavy atom. The van der Waals surface area contributed by atoms with Gasteiger partial charge in [0, 0.05) is 43.7 Å². The number of hydrogen-bond donors (Lipinski definition) is 0. The lowest BCUT2D eigenvalue weighted by molar-refractivity contribution is 0.669. The van der Waals surface area contributed by atoms with Gasteiger partial charge < -0.3 is 8.98 Å². The summed E-state index contributed by atoms with van der Waals surface area (Å²) < 4.78 is 11.2. The molecule has 0 fully saturated rings. The second-order valence-electron chi connectivity index (χ2n) is 12.8. The molecule has 6 heteroatoms. The number of furan rings is 1. The van der Waals surface area contributed by atoms with Gasteiger partial charge in [0.1, 0.15) is 11.2 Å². The zero-order valence-electron chi connectivity index (χ0n) is 27.2. The number of rotatable bonds is 4. The molecule has 0 aliphatic heterocycles. The van der Waals surface area contributed by atoms with Crippen molar-refractivity contribution >= 4 is 65.6 Å². The quantitative estimate of drug-likeness (QED) is 0.190. The van der Waals surface area contributed by atoms with Crippen molar-refractivity contribution in [2.24, 2.45) is 0 Å². The van der Waals surface area contributed by atoms with E-state index in [0.717, 1.165) is 77.0 Å². The molecule has 11 rings (SSSR count). The maximum absolute atomic E-state index is 6.65. The molecule has 7 aromatic carbocycles. The zero-order chi connectivity index (χ0) is 33.5. The minimum Gasteiger partial charge on any atom is -0.456 e. The Morgan fingerprint density at radius 1 is 0.392 bits per heavy atom. The summed E-state index contributed by atoms with van der Waals surface area (Å²) in [6.07, 6.45) is 0. The standard InChI is InChI=1S/C45H27N5O/c1-3-14-28(15-4-1)43-46-44(48-45(47-43)50-36-23-11-7-18-30(36)31-19-8-12-24-37(31)50)34-21-13-25-38-40(34)41-39(51-38)27-26-33-32-20-9-10-22-35(32)49(42(33)41)29-16-5-2-6-17-29/h1-27H. The average Bonchev–Trinajstić information content (AvgIpc) is 3.86. The van der Waals surface area contributed by atoms with Gasteiger partial charge in [-0.05, 0) is 48.5 Å². The van der Waals surface area contributed by atoms with E-state index >= 15 is 0 Å². The fourth-order valence-corrected chi connectivity index (χ4v) is 7.83. The molecule has 0 aliphatic rings. The summed E-state index contributed by atoms with van der Waals surface area (Å²) in [5, 5.41) is 6.64. The van der Waals surface area contributed by atoms with Gasteiger partial charge in [-0.2, -0.15) is 9.97 Å². The fraction of sp³-hybridized carbons (Fsp3) is 0. The van der Waals surface area contributed by atoms with Crippen LogP contribution in [0.1, 0.15) is 0 Å². The highest BCUT2D eigenvalue weighted by Gasteiger charge is 2.23. The molecule has 0 saturated carbocycles. The third kappa shape index (κ3) is 4.07. The Labute approximate surface area is 291 Å². The van der Waals surface area contributed by atoms with Crippen LogP contribution in [0.2, 0.25) is 0 Å². The van der Waals surface area contributed by atoms with Gasteiger partial charge >= 0.3 is 0 Å². The van der Waals surface area contributed by atoms with Gasteiger partial charge in [0.2, 0.25) is 5.95 Å². The van der Waals surface area contributed by atoms with Crippen LogP contribution in [-0.4, -0.2) is 24.1 Å². The molecule has 0 saturated heterocycles. The number of hydrogen-bond acceptors (Lipinski definition) is 4. The molecule has 6 nitrogen and oxygen atoms in total. The Morgan fingerprint density at radius 3 is 1.67 bits per heavy atom. The average molecular weight is 654 g/mol. The number of nitrogens with zero attached hydrogens (tertiary/aromatic N) is 5. The van der Waals surface area contributed by atoms with E-state index in [9.17, 15) is 0 Å². The molecule has 0 N–H and O–H groups in total.